The first kappa shape index (κ1) is 27.2. The standard InChI is InChI=1S/C25H28N4O3.2ClH/c1-7-12-32-27-25-18-15-22(31-6)21(30-5)14-17(18)24-23(25)19-13-16(8-9-20(19)26-24)29(4)11-10-28(2)3;;/h1,8-9,13-15,26H,10-12H2,2-6H3;2*1H/b27-25-;;. The number of aromatic amines is 1. The lowest BCUT2D eigenvalue weighted by molar-refractivity contribution is 0.180. The summed E-state index contributed by atoms with van der Waals surface area (Å²) in [4.78, 5) is 13.4. The van der Waals surface area contributed by atoms with E-state index < -0.39 is 0 Å². The normalized spacial score (nSPS) is 12.4. The van der Waals surface area contributed by atoms with Crippen LogP contribution < -0.4 is 14.4 Å². The van der Waals surface area contributed by atoms with E-state index >= 15 is 0 Å². The van der Waals surface area contributed by atoms with Crippen LogP contribution in [0.15, 0.2) is 35.5 Å². The number of nitrogens with zero attached hydrogens (tertiary/aromatic N) is 3. The third kappa shape index (κ3) is 4.90. The second-order valence-corrected chi connectivity index (χ2v) is 8.00. The van der Waals surface area contributed by atoms with E-state index in [4.69, 9.17) is 20.7 Å². The molecule has 1 heterocycles. The number of likely N-dealkylation sites (N-methyl/N-ethyl adjacent to an activating group) is 2. The minimum atomic E-state index is 0. The first-order chi connectivity index (χ1) is 15.5. The molecule has 2 aromatic carbocycles. The minimum Gasteiger partial charge on any atom is -0.493 e. The van der Waals surface area contributed by atoms with Gasteiger partial charge in [0.1, 0.15) is 5.71 Å². The van der Waals surface area contributed by atoms with E-state index in [2.05, 4.69) is 65.2 Å². The monoisotopic (exact) mass is 504 g/mol. The Morgan fingerprint density at radius 3 is 2.26 bits per heavy atom. The zero-order chi connectivity index (χ0) is 22.8. The molecule has 1 aliphatic rings. The van der Waals surface area contributed by atoms with Gasteiger partial charge in [-0.3, -0.25) is 0 Å². The van der Waals surface area contributed by atoms with Crippen LogP contribution in [0.1, 0.15) is 11.1 Å². The molecule has 3 aromatic rings. The Labute approximate surface area is 212 Å². The quantitative estimate of drug-likeness (QED) is 0.219. The van der Waals surface area contributed by atoms with Gasteiger partial charge in [-0.2, -0.15) is 0 Å². The number of methoxy groups -OCH3 is 2. The molecule has 4 rings (SSSR count). The van der Waals surface area contributed by atoms with Gasteiger partial charge in [0.2, 0.25) is 0 Å². The number of ether oxygens (including phenoxy) is 2. The molecule has 0 aliphatic heterocycles. The number of terminal acetylenes is 1. The summed E-state index contributed by atoms with van der Waals surface area (Å²) in [5.41, 5.74) is 6.76. The van der Waals surface area contributed by atoms with E-state index in [9.17, 15) is 0 Å². The summed E-state index contributed by atoms with van der Waals surface area (Å²) < 4.78 is 11.1. The molecular formula is C25H30Cl2N4O3. The first-order valence-corrected chi connectivity index (χ1v) is 10.4. The van der Waals surface area contributed by atoms with Crippen LogP contribution in [0.3, 0.4) is 0 Å². The summed E-state index contributed by atoms with van der Waals surface area (Å²) in [6.45, 7) is 1.99. The summed E-state index contributed by atoms with van der Waals surface area (Å²) in [5.74, 6) is 3.76. The fourth-order valence-corrected chi connectivity index (χ4v) is 3.99. The topological polar surface area (TPSA) is 62.3 Å². The highest BCUT2D eigenvalue weighted by Gasteiger charge is 2.32. The van der Waals surface area contributed by atoms with Crippen LogP contribution in [0, 0.1) is 12.3 Å². The molecule has 0 atom stereocenters. The molecule has 0 bridgehead atoms. The van der Waals surface area contributed by atoms with Gasteiger partial charge < -0.3 is 29.1 Å². The lowest BCUT2D eigenvalue weighted by Crippen LogP contribution is -2.28. The lowest BCUT2D eigenvalue weighted by Gasteiger charge is -2.21. The third-order valence-corrected chi connectivity index (χ3v) is 5.69. The number of aromatic nitrogens is 1. The number of benzene rings is 2. The van der Waals surface area contributed by atoms with Crippen LogP contribution in [0.25, 0.3) is 22.2 Å². The van der Waals surface area contributed by atoms with E-state index in [1.807, 2.05) is 12.1 Å². The van der Waals surface area contributed by atoms with Crippen LogP contribution >= 0.6 is 24.8 Å². The van der Waals surface area contributed by atoms with Crippen molar-refractivity contribution in [1.29, 1.82) is 0 Å². The van der Waals surface area contributed by atoms with Crippen molar-refractivity contribution in [3.63, 3.8) is 0 Å². The summed E-state index contributed by atoms with van der Waals surface area (Å²) >= 11 is 0. The highest BCUT2D eigenvalue weighted by atomic mass is 35.5. The largest absolute Gasteiger partial charge is 0.493 e. The predicted molar refractivity (Wildman–Crippen MR) is 144 cm³/mol. The first-order valence-electron chi connectivity index (χ1n) is 10.4. The third-order valence-electron chi connectivity index (χ3n) is 5.69. The van der Waals surface area contributed by atoms with Gasteiger partial charge >= 0.3 is 0 Å². The van der Waals surface area contributed by atoms with Gasteiger partial charge in [-0.1, -0.05) is 11.1 Å². The van der Waals surface area contributed by atoms with Crippen molar-refractivity contribution in [2.45, 2.75) is 0 Å². The van der Waals surface area contributed by atoms with Crippen molar-refractivity contribution in [2.24, 2.45) is 5.16 Å². The molecular weight excluding hydrogens is 475 g/mol. The number of anilines is 1. The summed E-state index contributed by atoms with van der Waals surface area (Å²) in [5, 5.41) is 5.50. The molecule has 9 heteroatoms. The maximum atomic E-state index is 5.53. The highest BCUT2D eigenvalue weighted by Crippen LogP contribution is 2.45. The van der Waals surface area contributed by atoms with Crippen molar-refractivity contribution < 1.29 is 14.3 Å². The number of rotatable bonds is 8. The summed E-state index contributed by atoms with van der Waals surface area (Å²) in [6, 6.07) is 10.3. The van der Waals surface area contributed by atoms with Gasteiger partial charge in [-0.05, 0) is 44.4 Å². The molecule has 0 radical (unpaired) electrons. The van der Waals surface area contributed by atoms with Crippen molar-refractivity contribution in [1.82, 2.24) is 9.88 Å². The maximum absolute atomic E-state index is 5.53. The van der Waals surface area contributed by atoms with E-state index in [1.54, 1.807) is 14.2 Å². The van der Waals surface area contributed by atoms with Crippen molar-refractivity contribution in [3.05, 3.63) is 41.5 Å². The molecule has 0 saturated carbocycles. The molecule has 34 heavy (non-hydrogen) atoms. The van der Waals surface area contributed by atoms with Crippen LogP contribution in [0.2, 0.25) is 0 Å². The average Bonchev–Trinajstić information content (AvgIpc) is 3.30. The van der Waals surface area contributed by atoms with Gasteiger partial charge in [-0.15, -0.1) is 31.2 Å². The zero-order valence-corrected chi connectivity index (χ0v) is 21.6. The Morgan fingerprint density at radius 1 is 0.971 bits per heavy atom. The number of hydrogen-bond acceptors (Lipinski definition) is 6. The molecule has 1 aromatic heterocycles. The molecule has 0 fully saturated rings. The van der Waals surface area contributed by atoms with Crippen molar-refractivity contribution in [3.8, 4) is 35.1 Å². The molecule has 0 unspecified atom stereocenters. The molecule has 7 nitrogen and oxygen atoms in total. The van der Waals surface area contributed by atoms with Crippen LogP contribution in [0.4, 0.5) is 5.69 Å². The number of halogens is 2. The summed E-state index contributed by atoms with van der Waals surface area (Å²) in [7, 11) is 9.51. The molecule has 0 saturated heterocycles. The van der Waals surface area contributed by atoms with Crippen LogP contribution in [-0.2, 0) is 4.84 Å². The average molecular weight is 505 g/mol. The van der Waals surface area contributed by atoms with Gasteiger partial charge in [-0.25, -0.2) is 0 Å². The minimum absolute atomic E-state index is 0. The smallest absolute Gasteiger partial charge is 0.177 e. The molecule has 0 amide bonds. The van der Waals surface area contributed by atoms with E-state index in [0.717, 1.165) is 57.8 Å². The Bertz CT molecular complexity index is 1230. The van der Waals surface area contributed by atoms with E-state index in [1.165, 1.54) is 0 Å². The Hall–Kier alpha value is -3.05. The number of oxime groups is 1. The summed E-state index contributed by atoms with van der Waals surface area (Å²) in [6.07, 6.45) is 5.36. The highest BCUT2D eigenvalue weighted by molar-refractivity contribution is 6.30. The molecule has 0 spiro atoms. The van der Waals surface area contributed by atoms with Gasteiger partial charge in [0.25, 0.3) is 0 Å². The van der Waals surface area contributed by atoms with Gasteiger partial charge in [0, 0.05) is 53.4 Å². The number of fused-ring (bicyclic) bond motifs is 5. The Morgan fingerprint density at radius 2 is 1.65 bits per heavy atom. The molecule has 1 N–H and O–H groups in total. The maximum Gasteiger partial charge on any atom is 0.177 e. The second-order valence-electron chi connectivity index (χ2n) is 8.00. The lowest BCUT2D eigenvalue weighted by atomic mass is 10.0. The fourth-order valence-electron chi connectivity index (χ4n) is 3.99. The van der Waals surface area contributed by atoms with Crippen LogP contribution in [-0.4, -0.2) is 70.7 Å². The van der Waals surface area contributed by atoms with Gasteiger partial charge in [0.15, 0.2) is 18.1 Å². The van der Waals surface area contributed by atoms with E-state index in [0.29, 0.717) is 11.5 Å². The number of hydrogen-bond donors (Lipinski definition) is 1. The number of H-pyrrole nitrogens is 1. The predicted octanol–water partition coefficient (Wildman–Crippen LogP) is 4.41. The fraction of sp³-hybridized carbons (Fsp3) is 0.320. The Kier molecular flexibility index (Phi) is 9.11. The van der Waals surface area contributed by atoms with Crippen molar-refractivity contribution >= 4 is 47.1 Å². The van der Waals surface area contributed by atoms with E-state index in [-0.39, 0.29) is 31.4 Å². The molecule has 182 valence electrons. The van der Waals surface area contributed by atoms with Crippen molar-refractivity contribution in [2.75, 3.05) is 60.0 Å². The molecule has 1 aliphatic carbocycles. The van der Waals surface area contributed by atoms with Gasteiger partial charge in [0.05, 0.1) is 19.9 Å². The van der Waals surface area contributed by atoms with Crippen LogP contribution in [0.5, 0.6) is 11.5 Å². The second kappa shape index (κ2) is 11.4. The number of nitrogens with one attached hydrogen (secondary N) is 1. The Balaban J connectivity index is 0.00000204. The zero-order valence-electron chi connectivity index (χ0n) is 20.0. The SMILES string of the molecule is C#CCO/N=C1/c2cc(OC)c(OC)cc2-c2[nH]c3ccc(N(C)CCN(C)C)cc3c21.Cl.Cl.